The number of aliphatic carboxylic acids is 1. The van der Waals surface area contributed by atoms with Gasteiger partial charge in [-0.15, -0.1) is 0 Å². The number of rotatable bonds is 4. The number of fused-ring (bicyclic) bond motifs is 1. The maximum Gasteiger partial charge on any atom is 0.313 e. The first kappa shape index (κ1) is 14.2. The molecule has 2 aromatic heterocycles. The molecular formula is C12H12BrN3O2S2. The maximum absolute atomic E-state index is 10.8. The Hall–Kier alpha value is -0.730. The Morgan fingerprint density at radius 1 is 1.65 bits per heavy atom. The Morgan fingerprint density at radius 2 is 2.50 bits per heavy atom. The van der Waals surface area contributed by atoms with Crippen molar-refractivity contribution < 1.29 is 9.90 Å². The van der Waals surface area contributed by atoms with Crippen LogP contribution in [0, 0.1) is 0 Å². The average molecular weight is 374 g/mol. The van der Waals surface area contributed by atoms with Crippen LogP contribution in [0.25, 0.3) is 11.2 Å². The number of carbonyl (C=O) groups is 1. The first-order valence-electron chi connectivity index (χ1n) is 6.11. The van der Waals surface area contributed by atoms with Gasteiger partial charge < -0.3 is 5.11 Å². The molecular weight excluding hydrogens is 362 g/mol. The molecule has 1 saturated heterocycles. The molecule has 0 radical (unpaired) electrons. The summed E-state index contributed by atoms with van der Waals surface area (Å²) < 4.78 is 2.99. The lowest BCUT2D eigenvalue weighted by molar-refractivity contribution is -0.133. The van der Waals surface area contributed by atoms with E-state index in [1.54, 1.807) is 6.20 Å². The third-order valence-corrected chi connectivity index (χ3v) is 5.58. The molecule has 0 bridgehead atoms. The van der Waals surface area contributed by atoms with Gasteiger partial charge >= 0.3 is 5.97 Å². The second kappa shape index (κ2) is 5.95. The van der Waals surface area contributed by atoms with Crippen molar-refractivity contribution in [2.75, 3.05) is 17.3 Å². The van der Waals surface area contributed by atoms with Gasteiger partial charge in [-0.1, -0.05) is 11.8 Å². The minimum Gasteiger partial charge on any atom is -0.481 e. The van der Waals surface area contributed by atoms with Crippen molar-refractivity contribution >= 4 is 56.6 Å². The van der Waals surface area contributed by atoms with Gasteiger partial charge in [0.25, 0.3) is 0 Å². The van der Waals surface area contributed by atoms with E-state index in [-0.39, 0.29) is 5.75 Å². The molecule has 0 spiro atoms. The van der Waals surface area contributed by atoms with E-state index in [0.29, 0.717) is 6.04 Å². The van der Waals surface area contributed by atoms with Crippen molar-refractivity contribution in [3.63, 3.8) is 0 Å². The average Bonchev–Trinajstić information content (AvgIpc) is 3.01. The summed E-state index contributed by atoms with van der Waals surface area (Å²) in [7, 11) is 0. The molecule has 2 aromatic rings. The minimum atomic E-state index is -0.830. The van der Waals surface area contributed by atoms with E-state index in [2.05, 4.69) is 30.5 Å². The highest BCUT2D eigenvalue weighted by atomic mass is 79.9. The van der Waals surface area contributed by atoms with Crippen molar-refractivity contribution in [2.45, 2.75) is 17.6 Å². The number of hydrogen-bond acceptors (Lipinski definition) is 5. The monoisotopic (exact) mass is 373 g/mol. The van der Waals surface area contributed by atoms with Crippen LogP contribution in [0.5, 0.6) is 0 Å². The van der Waals surface area contributed by atoms with Gasteiger partial charge in [0.1, 0.15) is 5.52 Å². The highest BCUT2D eigenvalue weighted by molar-refractivity contribution is 9.10. The molecule has 3 heterocycles. The number of halogens is 1. The molecule has 0 aliphatic carbocycles. The largest absolute Gasteiger partial charge is 0.481 e. The summed E-state index contributed by atoms with van der Waals surface area (Å²) in [6, 6.07) is 2.28. The predicted molar refractivity (Wildman–Crippen MR) is 84.6 cm³/mol. The fourth-order valence-corrected chi connectivity index (χ4v) is 4.52. The number of aromatic nitrogens is 3. The van der Waals surface area contributed by atoms with Crippen molar-refractivity contribution in [1.82, 2.24) is 14.5 Å². The van der Waals surface area contributed by atoms with Gasteiger partial charge in [0.2, 0.25) is 0 Å². The molecule has 20 heavy (non-hydrogen) atoms. The zero-order chi connectivity index (χ0) is 14.1. The molecule has 8 heteroatoms. The van der Waals surface area contributed by atoms with Crippen LogP contribution in [0.1, 0.15) is 12.5 Å². The van der Waals surface area contributed by atoms with E-state index in [4.69, 9.17) is 5.11 Å². The highest BCUT2D eigenvalue weighted by Crippen LogP contribution is 2.35. The molecule has 1 atom stereocenters. The van der Waals surface area contributed by atoms with Crippen LogP contribution in [0.15, 0.2) is 21.9 Å². The van der Waals surface area contributed by atoms with Crippen molar-refractivity contribution in [2.24, 2.45) is 0 Å². The molecule has 1 aliphatic heterocycles. The summed E-state index contributed by atoms with van der Waals surface area (Å²) in [5, 5.41) is 9.62. The van der Waals surface area contributed by atoms with Gasteiger partial charge in [-0.05, 0) is 34.2 Å². The number of pyridine rings is 1. The summed E-state index contributed by atoms with van der Waals surface area (Å²) in [5.74, 6) is 1.35. The summed E-state index contributed by atoms with van der Waals surface area (Å²) in [6.45, 7) is 0. The second-order valence-corrected chi connectivity index (χ2v) is 7.47. The van der Waals surface area contributed by atoms with Gasteiger partial charge in [0.15, 0.2) is 10.8 Å². The molecule has 1 aliphatic rings. The van der Waals surface area contributed by atoms with Crippen LogP contribution in [0.4, 0.5) is 0 Å². The summed E-state index contributed by atoms with van der Waals surface area (Å²) in [4.78, 5) is 19.8. The number of nitrogens with zero attached hydrogens (tertiary/aromatic N) is 3. The second-order valence-electron chi connectivity index (χ2n) is 4.46. The Balaban J connectivity index is 2.05. The van der Waals surface area contributed by atoms with Crippen LogP contribution < -0.4 is 0 Å². The third-order valence-electron chi connectivity index (χ3n) is 3.06. The number of carboxylic acids is 1. The Morgan fingerprint density at radius 3 is 3.20 bits per heavy atom. The molecule has 0 amide bonds. The standard InChI is InChI=1S/C12H12BrN3O2S2/c13-7-3-9-11(14-4-7)16(8-1-2-19-5-8)12(15-9)20-6-10(17)18/h3-4,8H,1-2,5-6H2,(H,17,18). The number of thioether (sulfide) groups is 2. The Labute approximate surface area is 132 Å². The zero-order valence-electron chi connectivity index (χ0n) is 10.5. The maximum atomic E-state index is 10.8. The Kier molecular flexibility index (Phi) is 4.23. The lowest BCUT2D eigenvalue weighted by atomic mass is 10.2. The van der Waals surface area contributed by atoms with Gasteiger partial charge in [-0.25, -0.2) is 9.97 Å². The zero-order valence-corrected chi connectivity index (χ0v) is 13.7. The number of carboxylic acid groups (broad SMARTS) is 1. The van der Waals surface area contributed by atoms with Crippen LogP contribution in [0.2, 0.25) is 0 Å². The molecule has 3 rings (SSSR count). The molecule has 5 nitrogen and oxygen atoms in total. The van der Waals surface area contributed by atoms with E-state index >= 15 is 0 Å². The topological polar surface area (TPSA) is 68.0 Å². The summed E-state index contributed by atoms with van der Waals surface area (Å²) in [5.41, 5.74) is 1.65. The SMILES string of the molecule is O=C(O)CSc1nc2cc(Br)cnc2n1C1CCSC1. The van der Waals surface area contributed by atoms with Crippen LogP contribution in [0.3, 0.4) is 0 Å². The number of hydrogen-bond donors (Lipinski definition) is 1. The normalized spacial score (nSPS) is 18.8. The van der Waals surface area contributed by atoms with Crippen LogP contribution >= 0.6 is 39.5 Å². The van der Waals surface area contributed by atoms with Crippen molar-refractivity contribution in [3.05, 3.63) is 16.7 Å². The summed E-state index contributed by atoms with van der Waals surface area (Å²) in [6.07, 6.45) is 2.84. The minimum absolute atomic E-state index is 0.0182. The Bertz CT molecular complexity index is 655. The van der Waals surface area contributed by atoms with Crippen molar-refractivity contribution in [1.29, 1.82) is 0 Å². The fraction of sp³-hybridized carbons (Fsp3) is 0.417. The predicted octanol–water partition coefficient (Wildman–Crippen LogP) is 3.05. The highest BCUT2D eigenvalue weighted by Gasteiger charge is 2.24. The first-order valence-corrected chi connectivity index (χ1v) is 9.04. The van der Waals surface area contributed by atoms with E-state index in [1.165, 1.54) is 11.8 Å². The van der Waals surface area contributed by atoms with E-state index in [0.717, 1.165) is 38.7 Å². The van der Waals surface area contributed by atoms with Gasteiger partial charge in [0.05, 0.1) is 5.75 Å². The molecule has 1 fully saturated rings. The van der Waals surface area contributed by atoms with Gasteiger partial charge in [0, 0.05) is 22.5 Å². The summed E-state index contributed by atoms with van der Waals surface area (Å²) >= 11 is 6.57. The lowest BCUT2D eigenvalue weighted by Crippen LogP contribution is -2.10. The van der Waals surface area contributed by atoms with E-state index < -0.39 is 5.97 Å². The van der Waals surface area contributed by atoms with Crippen LogP contribution in [-0.4, -0.2) is 42.9 Å². The van der Waals surface area contributed by atoms with Gasteiger partial charge in [-0.2, -0.15) is 11.8 Å². The first-order chi connectivity index (χ1) is 9.65. The lowest BCUT2D eigenvalue weighted by Gasteiger charge is -2.14. The molecule has 1 unspecified atom stereocenters. The smallest absolute Gasteiger partial charge is 0.313 e. The quantitative estimate of drug-likeness (QED) is 0.830. The van der Waals surface area contributed by atoms with Gasteiger partial charge in [-0.3, -0.25) is 9.36 Å². The molecule has 0 aromatic carbocycles. The fourth-order valence-electron chi connectivity index (χ4n) is 2.22. The van der Waals surface area contributed by atoms with Crippen molar-refractivity contribution in [3.8, 4) is 0 Å². The third kappa shape index (κ3) is 2.82. The number of imidazole rings is 1. The van der Waals surface area contributed by atoms with E-state index in [9.17, 15) is 4.79 Å². The van der Waals surface area contributed by atoms with Crippen LogP contribution in [-0.2, 0) is 4.79 Å². The molecule has 106 valence electrons. The molecule has 0 saturated carbocycles. The van der Waals surface area contributed by atoms with E-state index in [1.807, 2.05) is 17.8 Å². The molecule has 1 N–H and O–H groups in total.